The van der Waals surface area contributed by atoms with Crippen LogP contribution < -0.4 is 5.32 Å². The molecule has 2 unspecified atom stereocenters. The van der Waals surface area contributed by atoms with E-state index in [0.29, 0.717) is 19.3 Å². The van der Waals surface area contributed by atoms with Crippen LogP contribution in [-0.4, -0.2) is 74.6 Å². The summed E-state index contributed by atoms with van der Waals surface area (Å²) in [6, 6.07) is -2.43. The highest BCUT2D eigenvalue weighted by Crippen LogP contribution is 2.87. The summed E-state index contributed by atoms with van der Waals surface area (Å²) in [5.74, 6) is -1.82. The number of nitrogens with one attached hydrogen (secondary N) is 1. The molecule has 28 aromatic carbocycles. The van der Waals surface area contributed by atoms with Gasteiger partial charge in [0.2, 0.25) is 11.8 Å². The molecule has 28 aromatic rings. The van der Waals surface area contributed by atoms with Crippen LogP contribution in [0.3, 0.4) is 0 Å². The van der Waals surface area contributed by atoms with Crippen molar-refractivity contribution in [2.24, 2.45) is 0 Å². The number of benzene rings is 18. The minimum absolute atomic E-state index is 0.141. The molecule has 404 valence electrons. The fourth-order valence-corrected chi connectivity index (χ4v) is 27.7. The predicted molar refractivity (Wildman–Crippen MR) is 354 cm³/mol. The average molecular weight is 1140 g/mol. The maximum atomic E-state index is 16.7. The summed E-state index contributed by atoms with van der Waals surface area (Å²) in [6.07, 6.45) is 5.03. The lowest BCUT2D eigenvalue weighted by Gasteiger charge is -2.51. The Labute approximate surface area is 490 Å². The second kappa shape index (κ2) is 10.1. The zero-order valence-corrected chi connectivity index (χ0v) is 47.2. The Hall–Kier alpha value is -10.2. The minimum Gasteiger partial charge on any atom is -0.468 e. The molecule has 1 heterocycles. The van der Waals surface area contributed by atoms with Gasteiger partial charge in [0.1, 0.15) is 18.6 Å². The number of methoxy groups -OCH3 is 3. The lowest BCUT2D eigenvalue weighted by molar-refractivity contribution is -0.159. The van der Waals surface area contributed by atoms with E-state index in [-0.39, 0.29) is 24.8 Å². The van der Waals surface area contributed by atoms with Crippen LogP contribution >= 0.6 is 0 Å². The molecular formula is C79H30N2O8. The normalized spacial score (nSPS) is 21.7. The van der Waals surface area contributed by atoms with Crippen molar-refractivity contribution in [3.05, 3.63) is 22.3 Å². The average Bonchev–Trinajstić information content (AvgIpc) is 1.38. The van der Waals surface area contributed by atoms with Crippen LogP contribution in [-0.2, 0) is 49.0 Å². The number of carbonyl (C=O) groups is 5. The molecular weight excluding hydrogens is 1100 g/mol. The first-order valence-electron chi connectivity index (χ1n) is 32.4. The monoisotopic (exact) mass is 1130 g/mol. The van der Waals surface area contributed by atoms with Gasteiger partial charge >= 0.3 is 17.9 Å². The SMILES string of the molecule is COC(=O)CNC(=O)CCCCCCCCC(=O)N1C(C(=O)OC)C23c4c5c6c7c8c9c(c%10c%11c2c2c4c4c%12c5c5c6c6c8c8c%13c9c9c%10c%10c%11c%11c2c2c4c4c%12c%12c5c5c6c8c6c8c%13c9c9c%10c%10c%11c2c2c4c4c%12c5c6c5c8c9c%10c2c45)C73C1C(=O)OC. The number of carbonyl (C=O) groups excluding carboxylic acids is 5. The Bertz CT molecular complexity index is 7350. The van der Waals surface area contributed by atoms with Gasteiger partial charge in [-0.2, -0.15) is 0 Å². The van der Waals surface area contributed by atoms with Gasteiger partial charge in [0.15, 0.2) is 0 Å². The highest BCUT2D eigenvalue weighted by molar-refractivity contribution is 6.82. The van der Waals surface area contributed by atoms with E-state index >= 15 is 14.4 Å². The van der Waals surface area contributed by atoms with E-state index in [9.17, 15) is 9.59 Å². The van der Waals surface area contributed by atoms with E-state index in [2.05, 4.69) is 5.32 Å². The molecule has 4 aliphatic carbocycles. The maximum Gasteiger partial charge on any atom is 0.329 e. The number of ether oxygens (including phenoxy) is 3. The van der Waals surface area contributed by atoms with E-state index in [1.165, 1.54) is 334 Å². The van der Waals surface area contributed by atoms with Crippen molar-refractivity contribution in [3.8, 4) is 0 Å². The number of nitrogens with zero attached hydrogens (tertiary/aromatic N) is 1. The Morgan fingerprint density at radius 2 is 0.494 bits per heavy atom. The van der Waals surface area contributed by atoms with E-state index < -0.39 is 40.8 Å². The number of hydrogen-bond acceptors (Lipinski definition) is 8. The third-order valence-electron chi connectivity index (χ3n) is 28.7. The van der Waals surface area contributed by atoms with Crippen molar-refractivity contribution in [2.45, 2.75) is 74.3 Å². The summed E-state index contributed by atoms with van der Waals surface area (Å²) < 4.78 is 17.5. The lowest BCUT2D eigenvalue weighted by Crippen LogP contribution is -2.59. The molecule has 10 nitrogen and oxygen atoms in total. The number of unbranched alkanes of at least 4 members (excludes halogenated alkanes) is 5. The molecule has 0 radical (unpaired) electrons. The predicted octanol–water partition coefficient (Wildman–Crippen LogP) is 16.6. The van der Waals surface area contributed by atoms with Gasteiger partial charge in [-0.1, -0.05) is 25.7 Å². The second-order valence-electron chi connectivity index (χ2n) is 30.0. The smallest absolute Gasteiger partial charge is 0.329 e. The largest absolute Gasteiger partial charge is 0.468 e. The van der Waals surface area contributed by atoms with Gasteiger partial charge < -0.3 is 24.4 Å². The van der Waals surface area contributed by atoms with Crippen LogP contribution in [0.4, 0.5) is 0 Å². The fraction of sp³-hybridized carbons (Fsp3) is 0.203. The van der Waals surface area contributed by atoms with Crippen LogP contribution in [0.25, 0.3) is 291 Å². The number of esters is 3. The Morgan fingerprint density at radius 1 is 0.292 bits per heavy atom. The molecule has 1 N–H and O–H groups in total. The molecule has 89 heavy (non-hydrogen) atoms. The number of rotatable bonds is 13. The second-order valence-corrected chi connectivity index (χ2v) is 30.0. The number of amides is 2. The van der Waals surface area contributed by atoms with Crippen LogP contribution in [0.15, 0.2) is 0 Å². The first-order chi connectivity index (χ1) is 43.8. The topological polar surface area (TPSA) is 128 Å². The van der Waals surface area contributed by atoms with Gasteiger partial charge in [0.25, 0.3) is 0 Å². The van der Waals surface area contributed by atoms with Gasteiger partial charge in [-0.25, -0.2) is 9.59 Å². The van der Waals surface area contributed by atoms with Crippen molar-refractivity contribution in [1.82, 2.24) is 10.2 Å². The first-order valence-corrected chi connectivity index (χ1v) is 32.4. The highest BCUT2D eigenvalue weighted by Gasteiger charge is 2.83. The molecule has 5 aliphatic rings. The molecule has 33 rings (SSSR count). The molecule has 1 fully saturated rings. The standard InChI is InChI=1S/C79H30N2O8/c1-87-15(84)12-80-13(82)10-8-6-4-5-7-9-11-14(83)81-74(76(85)88-2)78-70-62-54-44-34-26-18-16-17-20-24-22(18)30-38-32(24)42-36-28(20)29-21(17)25-23-19(16)27(26)35-41-31(23)39-33(25)43-37(29)47-46(36)56-50(42)60-52(38)58(48(54)40(30)34)66(70)68(60)72-64(56)65-57(47)51(43)61-53(39)59-49(41)55(45(35)44)63(62)71(78)67(59)69(61)73(65)79(72,78)75(81)77(86)89-3/h74-75H,4-12H2,1-3H3,(H,80,82). The van der Waals surface area contributed by atoms with E-state index in [0.717, 1.165) is 25.7 Å². The van der Waals surface area contributed by atoms with E-state index in [1.54, 1.807) is 0 Å². The third kappa shape index (κ3) is 2.57. The highest BCUT2D eigenvalue weighted by atomic mass is 16.5. The molecule has 1 aliphatic heterocycles. The van der Waals surface area contributed by atoms with Crippen molar-refractivity contribution < 1.29 is 38.2 Å². The van der Waals surface area contributed by atoms with Crippen LogP contribution in [0.1, 0.15) is 73.6 Å². The molecule has 2 spiro atoms. The van der Waals surface area contributed by atoms with Crippen LogP contribution in [0, 0.1) is 0 Å². The van der Waals surface area contributed by atoms with Crippen LogP contribution in [0.2, 0.25) is 0 Å². The van der Waals surface area contributed by atoms with Crippen molar-refractivity contribution in [1.29, 1.82) is 0 Å². The van der Waals surface area contributed by atoms with Crippen molar-refractivity contribution >= 4 is 321 Å². The minimum atomic E-state index is -1.30. The van der Waals surface area contributed by atoms with Gasteiger partial charge in [-0.05, 0) is 326 Å². The lowest BCUT2D eigenvalue weighted by atomic mass is 9.46. The van der Waals surface area contributed by atoms with Crippen molar-refractivity contribution in [2.75, 3.05) is 27.9 Å². The molecule has 1 saturated heterocycles. The quantitative estimate of drug-likeness (QED) is 0.0523. The summed E-state index contributed by atoms with van der Waals surface area (Å²) in [7, 11) is 4.33. The molecule has 0 bridgehead atoms. The summed E-state index contributed by atoms with van der Waals surface area (Å²) in [6.45, 7) is -0.141. The van der Waals surface area contributed by atoms with Gasteiger partial charge in [-0.15, -0.1) is 0 Å². The summed E-state index contributed by atoms with van der Waals surface area (Å²) in [5, 5.41) is 78.9. The van der Waals surface area contributed by atoms with E-state index in [4.69, 9.17) is 14.2 Å². The zero-order valence-electron chi connectivity index (χ0n) is 47.2. The summed E-state index contributed by atoms with van der Waals surface area (Å²) in [4.78, 5) is 76.1. The van der Waals surface area contributed by atoms with E-state index in [1.807, 2.05) is 4.90 Å². The zero-order chi connectivity index (χ0) is 56.3. The van der Waals surface area contributed by atoms with Gasteiger partial charge in [-0.3, -0.25) is 14.4 Å². The number of likely N-dealkylation sites (tertiary alicyclic amines) is 1. The molecule has 0 saturated carbocycles. The number of hydrogen-bond donors (Lipinski definition) is 1. The molecule has 0 aromatic heterocycles. The van der Waals surface area contributed by atoms with Gasteiger partial charge in [0, 0.05) is 12.8 Å². The van der Waals surface area contributed by atoms with Crippen LogP contribution in [0.5, 0.6) is 0 Å². The molecule has 2 atom stereocenters. The Balaban J connectivity index is 0.827. The first kappa shape index (κ1) is 39.6. The van der Waals surface area contributed by atoms with Crippen molar-refractivity contribution in [3.63, 3.8) is 0 Å². The maximum absolute atomic E-state index is 16.7. The Kier molecular flexibility index (Phi) is 4.51. The summed E-state index contributed by atoms with van der Waals surface area (Å²) >= 11 is 0. The molecule has 2 amide bonds. The summed E-state index contributed by atoms with van der Waals surface area (Å²) in [5.41, 5.74) is 2.08. The molecule has 10 heteroatoms. The fourth-order valence-electron chi connectivity index (χ4n) is 27.7. The van der Waals surface area contributed by atoms with Gasteiger partial charge in [0.05, 0.1) is 32.2 Å². The third-order valence-corrected chi connectivity index (χ3v) is 28.7. The Morgan fingerprint density at radius 3 is 0.708 bits per heavy atom.